The van der Waals surface area contributed by atoms with Crippen LogP contribution >= 0.6 is 23.2 Å². The number of morpholine rings is 1. The number of hydrogen-bond donors (Lipinski definition) is 0. The molecule has 2 fully saturated rings. The number of rotatable bonds is 2. The SMILES string of the molecule is O=C1C[C@@H](N2CCOCC2)C(=O)N1c1cccc(Cl)c1Cl. The van der Waals surface area contributed by atoms with Crippen molar-refractivity contribution in [2.24, 2.45) is 0 Å². The highest BCUT2D eigenvalue weighted by atomic mass is 35.5. The van der Waals surface area contributed by atoms with Gasteiger partial charge >= 0.3 is 0 Å². The number of halogens is 2. The molecule has 2 saturated heterocycles. The minimum Gasteiger partial charge on any atom is -0.379 e. The number of carbonyl (C=O) groups excluding carboxylic acids is 2. The van der Waals surface area contributed by atoms with Gasteiger partial charge in [0.05, 0.1) is 41.4 Å². The Morgan fingerprint density at radius 2 is 1.86 bits per heavy atom. The minimum absolute atomic E-state index is 0.168. The second-order valence-corrected chi connectivity index (χ2v) is 5.79. The fraction of sp³-hybridized carbons (Fsp3) is 0.429. The van der Waals surface area contributed by atoms with Gasteiger partial charge in [0.15, 0.2) is 0 Å². The number of anilines is 1. The Bertz CT molecular complexity index is 588. The van der Waals surface area contributed by atoms with E-state index in [2.05, 4.69) is 0 Å². The molecule has 0 spiro atoms. The zero-order valence-corrected chi connectivity index (χ0v) is 12.7. The van der Waals surface area contributed by atoms with Crippen LogP contribution in [0.5, 0.6) is 0 Å². The highest BCUT2D eigenvalue weighted by Gasteiger charge is 2.43. The molecule has 5 nitrogen and oxygen atoms in total. The minimum atomic E-state index is -0.434. The lowest BCUT2D eigenvalue weighted by atomic mass is 10.2. The van der Waals surface area contributed by atoms with Gasteiger partial charge in [-0.15, -0.1) is 0 Å². The summed E-state index contributed by atoms with van der Waals surface area (Å²) in [6, 6.07) is 4.49. The summed E-state index contributed by atoms with van der Waals surface area (Å²) in [5.74, 6) is -0.494. The maximum Gasteiger partial charge on any atom is 0.251 e. The van der Waals surface area contributed by atoms with E-state index in [1.54, 1.807) is 18.2 Å². The zero-order valence-electron chi connectivity index (χ0n) is 11.2. The van der Waals surface area contributed by atoms with Crippen molar-refractivity contribution in [2.75, 3.05) is 31.2 Å². The molecule has 1 aromatic carbocycles. The monoisotopic (exact) mass is 328 g/mol. The van der Waals surface area contributed by atoms with Gasteiger partial charge in [0.25, 0.3) is 5.91 Å². The van der Waals surface area contributed by atoms with Gasteiger partial charge in [-0.05, 0) is 12.1 Å². The summed E-state index contributed by atoms with van der Waals surface area (Å²) in [6.07, 6.45) is 0.168. The van der Waals surface area contributed by atoms with Crippen LogP contribution < -0.4 is 4.90 Å². The van der Waals surface area contributed by atoms with E-state index in [0.29, 0.717) is 37.0 Å². The zero-order chi connectivity index (χ0) is 15.0. The number of ether oxygens (including phenoxy) is 1. The van der Waals surface area contributed by atoms with E-state index in [0.717, 1.165) is 4.90 Å². The van der Waals surface area contributed by atoms with E-state index in [1.807, 2.05) is 4.90 Å². The topological polar surface area (TPSA) is 49.9 Å². The third-order valence-electron chi connectivity index (χ3n) is 3.78. The summed E-state index contributed by atoms with van der Waals surface area (Å²) in [5, 5.41) is 0.549. The first-order chi connectivity index (χ1) is 10.1. The van der Waals surface area contributed by atoms with Crippen LogP contribution in [-0.2, 0) is 14.3 Å². The summed E-state index contributed by atoms with van der Waals surface area (Å²) in [5.41, 5.74) is 0.356. The molecule has 112 valence electrons. The molecule has 0 aromatic heterocycles. The average molecular weight is 329 g/mol. The number of hydrogen-bond acceptors (Lipinski definition) is 4. The molecule has 0 N–H and O–H groups in total. The second kappa shape index (κ2) is 5.93. The summed E-state index contributed by atoms with van der Waals surface area (Å²) >= 11 is 12.1. The van der Waals surface area contributed by atoms with Crippen LogP contribution in [0.25, 0.3) is 0 Å². The molecule has 7 heteroatoms. The van der Waals surface area contributed by atoms with E-state index < -0.39 is 6.04 Å². The number of benzene rings is 1. The molecular weight excluding hydrogens is 315 g/mol. The lowest BCUT2D eigenvalue weighted by molar-refractivity contribution is -0.123. The Kier molecular flexibility index (Phi) is 4.17. The van der Waals surface area contributed by atoms with Gasteiger partial charge in [-0.25, -0.2) is 4.90 Å². The van der Waals surface area contributed by atoms with Crippen molar-refractivity contribution in [2.45, 2.75) is 12.5 Å². The normalized spacial score (nSPS) is 23.9. The molecule has 1 aromatic rings. The largest absolute Gasteiger partial charge is 0.379 e. The number of imide groups is 1. The van der Waals surface area contributed by atoms with Crippen molar-refractivity contribution < 1.29 is 14.3 Å². The Balaban J connectivity index is 1.88. The molecule has 2 aliphatic rings. The van der Waals surface area contributed by atoms with E-state index in [-0.39, 0.29) is 23.3 Å². The summed E-state index contributed by atoms with van der Waals surface area (Å²) < 4.78 is 5.28. The predicted octanol–water partition coefficient (Wildman–Crippen LogP) is 1.96. The van der Waals surface area contributed by atoms with Crippen molar-refractivity contribution in [3.05, 3.63) is 28.2 Å². The number of amides is 2. The van der Waals surface area contributed by atoms with Gasteiger partial charge in [-0.1, -0.05) is 29.3 Å². The Morgan fingerprint density at radius 3 is 2.57 bits per heavy atom. The van der Waals surface area contributed by atoms with Gasteiger partial charge in [-0.2, -0.15) is 0 Å². The van der Waals surface area contributed by atoms with Crippen LogP contribution in [0.3, 0.4) is 0 Å². The first-order valence-electron chi connectivity index (χ1n) is 6.72. The summed E-state index contributed by atoms with van der Waals surface area (Å²) in [6.45, 7) is 2.47. The van der Waals surface area contributed by atoms with Crippen LogP contribution in [0.4, 0.5) is 5.69 Å². The fourth-order valence-electron chi connectivity index (χ4n) is 2.71. The van der Waals surface area contributed by atoms with E-state index >= 15 is 0 Å². The Morgan fingerprint density at radius 1 is 1.14 bits per heavy atom. The van der Waals surface area contributed by atoms with Crippen molar-refractivity contribution in [3.8, 4) is 0 Å². The average Bonchev–Trinajstić information content (AvgIpc) is 2.78. The molecule has 0 radical (unpaired) electrons. The molecule has 2 aliphatic heterocycles. The first kappa shape index (κ1) is 14.8. The molecule has 0 saturated carbocycles. The van der Waals surface area contributed by atoms with Crippen LogP contribution in [0.15, 0.2) is 18.2 Å². The molecule has 2 heterocycles. The van der Waals surface area contributed by atoms with E-state index in [9.17, 15) is 9.59 Å². The molecular formula is C14H14Cl2N2O3. The summed E-state index contributed by atoms with van der Waals surface area (Å²) in [7, 11) is 0. The molecule has 21 heavy (non-hydrogen) atoms. The third-order valence-corrected chi connectivity index (χ3v) is 4.59. The van der Waals surface area contributed by atoms with Crippen LogP contribution in [-0.4, -0.2) is 49.1 Å². The Labute approximate surface area is 132 Å². The quantitative estimate of drug-likeness (QED) is 0.779. The first-order valence-corrected chi connectivity index (χ1v) is 7.48. The molecule has 1 atom stereocenters. The summed E-state index contributed by atoms with van der Waals surface area (Å²) in [4.78, 5) is 28.0. The lowest BCUT2D eigenvalue weighted by Crippen LogP contribution is -2.47. The Hall–Kier alpha value is -1.14. The fourth-order valence-corrected chi connectivity index (χ4v) is 3.09. The van der Waals surface area contributed by atoms with Crippen LogP contribution in [0.1, 0.15) is 6.42 Å². The lowest BCUT2D eigenvalue weighted by Gasteiger charge is -2.30. The highest BCUT2D eigenvalue weighted by Crippen LogP contribution is 2.35. The molecule has 0 unspecified atom stereocenters. The maximum atomic E-state index is 12.6. The second-order valence-electron chi connectivity index (χ2n) is 5.01. The number of carbonyl (C=O) groups is 2. The van der Waals surface area contributed by atoms with Gasteiger partial charge in [0.1, 0.15) is 0 Å². The van der Waals surface area contributed by atoms with Gasteiger partial charge < -0.3 is 4.74 Å². The van der Waals surface area contributed by atoms with Crippen LogP contribution in [0, 0.1) is 0 Å². The van der Waals surface area contributed by atoms with Crippen molar-refractivity contribution in [3.63, 3.8) is 0 Å². The molecule has 2 amide bonds. The number of nitrogens with zero attached hydrogens (tertiary/aromatic N) is 2. The van der Waals surface area contributed by atoms with Crippen molar-refractivity contribution in [1.29, 1.82) is 0 Å². The maximum absolute atomic E-state index is 12.6. The highest BCUT2D eigenvalue weighted by molar-refractivity contribution is 6.44. The van der Waals surface area contributed by atoms with Gasteiger partial charge in [0.2, 0.25) is 5.91 Å². The third kappa shape index (κ3) is 2.66. The van der Waals surface area contributed by atoms with E-state index in [4.69, 9.17) is 27.9 Å². The van der Waals surface area contributed by atoms with Crippen molar-refractivity contribution in [1.82, 2.24) is 4.90 Å². The molecule has 0 aliphatic carbocycles. The smallest absolute Gasteiger partial charge is 0.251 e. The van der Waals surface area contributed by atoms with E-state index in [1.165, 1.54) is 0 Å². The predicted molar refractivity (Wildman–Crippen MR) is 79.8 cm³/mol. The van der Waals surface area contributed by atoms with Gasteiger partial charge in [0, 0.05) is 13.1 Å². The van der Waals surface area contributed by atoms with Crippen molar-refractivity contribution >= 4 is 40.7 Å². The molecule has 3 rings (SSSR count). The standard InChI is InChI=1S/C14H14Cl2N2O3/c15-9-2-1-3-10(13(9)16)18-12(19)8-11(14(18)20)17-4-6-21-7-5-17/h1-3,11H,4-8H2/t11-/m1/s1. The van der Waals surface area contributed by atoms with Gasteiger partial charge in [-0.3, -0.25) is 14.5 Å². The van der Waals surface area contributed by atoms with Crippen LogP contribution in [0.2, 0.25) is 10.0 Å². The molecule has 0 bridgehead atoms.